The van der Waals surface area contributed by atoms with Gasteiger partial charge < -0.3 is 5.32 Å². The van der Waals surface area contributed by atoms with Crippen LogP contribution in [-0.4, -0.2) is 28.1 Å². The summed E-state index contributed by atoms with van der Waals surface area (Å²) >= 11 is 0. The Hall–Kier alpha value is -0.620. The molecule has 0 aliphatic heterocycles. The van der Waals surface area contributed by atoms with Gasteiger partial charge in [-0.1, -0.05) is 32.0 Å². The molecule has 1 aromatic carbocycles. The molecule has 0 aromatic heterocycles. The maximum Gasteiger partial charge on any atom is 0.240 e. The zero-order chi connectivity index (χ0) is 12.7. The van der Waals surface area contributed by atoms with E-state index < -0.39 is 10.0 Å². The van der Waals surface area contributed by atoms with Crippen molar-refractivity contribution in [3.8, 4) is 0 Å². The smallest absolute Gasteiger partial charge is 0.240 e. The third-order valence-corrected chi connectivity index (χ3v) is 4.05. The monoisotopic (exact) mass is 292 g/mol. The highest BCUT2D eigenvalue weighted by Gasteiger charge is 2.16. The van der Waals surface area contributed by atoms with Gasteiger partial charge in [0.2, 0.25) is 10.0 Å². The Kier molecular flexibility index (Phi) is 8.18. The van der Waals surface area contributed by atoms with Crippen LogP contribution in [0.5, 0.6) is 0 Å². The minimum absolute atomic E-state index is 0. The molecule has 0 heterocycles. The predicted octanol–water partition coefficient (Wildman–Crippen LogP) is 1.56. The summed E-state index contributed by atoms with van der Waals surface area (Å²) in [6, 6.07) is 7.10. The summed E-state index contributed by atoms with van der Waals surface area (Å²) in [6.45, 7) is 5.83. The van der Waals surface area contributed by atoms with Crippen LogP contribution >= 0.6 is 12.4 Å². The quantitative estimate of drug-likeness (QED) is 0.750. The lowest BCUT2D eigenvalue weighted by atomic mass is 10.2. The third kappa shape index (κ3) is 4.94. The normalized spacial score (nSPS) is 11.0. The molecule has 0 spiro atoms. The van der Waals surface area contributed by atoms with Gasteiger partial charge >= 0.3 is 0 Å². The van der Waals surface area contributed by atoms with E-state index in [-0.39, 0.29) is 12.4 Å². The van der Waals surface area contributed by atoms with Crippen molar-refractivity contribution in [3.63, 3.8) is 0 Å². The molecule has 104 valence electrons. The SMILES string of the molecule is CCNCCNS(=O)(=O)c1ccccc1CC.Cl. The lowest BCUT2D eigenvalue weighted by Gasteiger charge is -2.10. The molecule has 4 nitrogen and oxygen atoms in total. The van der Waals surface area contributed by atoms with E-state index in [4.69, 9.17) is 0 Å². The first-order valence-corrected chi connectivity index (χ1v) is 7.38. The summed E-state index contributed by atoms with van der Waals surface area (Å²) in [4.78, 5) is 0.388. The predicted molar refractivity (Wildman–Crippen MR) is 76.8 cm³/mol. The molecule has 0 aliphatic carbocycles. The van der Waals surface area contributed by atoms with E-state index in [1.54, 1.807) is 12.1 Å². The topological polar surface area (TPSA) is 58.2 Å². The lowest BCUT2D eigenvalue weighted by molar-refractivity contribution is 0.576. The molecule has 0 atom stereocenters. The molecule has 0 saturated heterocycles. The van der Waals surface area contributed by atoms with Crippen molar-refractivity contribution >= 4 is 22.4 Å². The molecule has 0 amide bonds. The molecule has 0 aliphatic rings. The maximum atomic E-state index is 12.0. The Labute approximate surface area is 116 Å². The molecule has 1 rings (SSSR count). The van der Waals surface area contributed by atoms with Crippen LogP contribution in [0.3, 0.4) is 0 Å². The first-order valence-electron chi connectivity index (χ1n) is 5.90. The number of aryl methyl sites for hydroxylation is 1. The number of likely N-dealkylation sites (N-methyl/N-ethyl adjacent to an activating group) is 1. The van der Waals surface area contributed by atoms with Crippen molar-refractivity contribution in [1.29, 1.82) is 0 Å². The van der Waals surface area contributed by atoms with Crippen molar-refractivity contribution < 1.29 is 8.42 Å². The van der Waals surface area contributed by atoms with Crippen molar-refractivity contribution in [1.82, 2.24) is 10.0 Å². The lowest BCUT2D eigenvalue weighted by Crippen LogP contribution is -2.32. The van der Waals surface area contributed by atoms with Crippen LogP contribution in [0.15, 0.2) is 29.2 Å². The Morgan fingerprint density at radius 1 is 1.11 bits per heavy atom. The van der Waals surface area contributed by atoms with Gasteiger partial charge in [0.1, 0.15) is 0 Å². The number of halogens is 1. The molecule has 2 N–H and O–H groups in total. The fourth-order valence-corrected chi connectivity index (χ4v) is 2.93. The molecular formula is C12H21ClN2O2S. The summed E-state index contributed by atoms with van der Waals surface area (Å²) in [7, 11) is -3.37. The number of hydrogen-bond acceptors (Lipinski definition) is 3. The molecule has 18 heavy (non-hydrogen) atoms. The number of rotatable bonds is 7. The highest BCUT2D eigenvalue weighted by atomic mass is 35.5. The van der Waals surface area contributed by atoms with Gasteiger partial charge in [-0.3, -0.25) is 0 Å². The van der Waals surface area contributed by atoms with E-state index in [9.17, 15) is 8.42 Å². The summed E-state index contributed by atoms with van der Waals surface area (Å²) in [5, 5.41) is 3.07. The Balaban J connectivity index is 0.00000289. The van der Waals surface area contributed by atoms with Crippen LogP contribution in [0.2, 0.25) is 0 Å². The number of sulfonamides is 1. The van der Waals surface area contributed by atoms with E-state index in [2.05, 4.69) is 10.0 Å². The van der Waals surface area contributed by atoms with Crippen LogP contribution in [-0.2, 0) is 16.4 Å². The molecule has 0 fully saturated rings. The molecule has 0 unspecified atom stereocenters. The Morgan fingerprint density at radius 3 is 2.39 bits per heavy atom. The minimum Gasteiger partial charge on any atom is -0.316 e. The van der Waals surface area contributed by atoms with E-state index >= 15 is 0 Å². The molecule has 0 radical (unpaired) electrons. The first-order chi connectivity index (χ1) is 8.11. The van der Waals surface area contributed by atoms with E-state index in [0.29, 0.717) is 24.4 Å². The fourth-order valence-electron chi connectivity index (χ4n) is 1.59. The van der Waals surface area contributed by atoms with Crippen LogP contribution in [0, 0.1) is 0 Å². The molecular weight excluding hydrogens is 272 g/mol. The summed E-state index contributed by atoms with van der Waals surface area (Å²) < 4.78 is 26.7. The van der Waals surface area contributed by atoms with E-state index in [0.717, 1.165) is 12.1 Å². The second-order valence-corrected chi connectivity index (χ2v) is 5.45. The Bertz CT molecular complexity index is 449. The van der Waals surface area contributed by atoms with Crippen molar-refractivity contribution in [3.05, 3.63) is 29.8 Å². The van der Waals surface area contributed by atoms with Gasteiger partial charge in [-0.25, -0.2) is 13.1 Å². The highest BCUT2D eigenvalue weighted by Crippen LogP contribution is 2.15. The van der Waals surface area contributed by atoms with Crippen molar-refractivity contribution in [2.24, 2.45) is 0 Å². The van der Waals surface area contributed by atoms with Crippen molar-refractivity contribution in [2.75, 3.05) is 19.6 Å². The average molecular weight is 293 g/mol. The molecule has 0 bridgehead atoms. The second kappa shape index (κ2) is 8.48. The van der Waals surface area contributed by atoms with Crippen LogP contribution in [0.25, 0.3) is 0 Å². The minimum atomic E-state index is -3.37. The summed E-state index contributed by atoms with van der Waals surface area (Å²) in [5.41, 5.74) is 0.850. The standard InChI is InChI=1S/C12H20N2O2S.ClH/c1-3-11-7-5-6-8-12(11)17(15,16)14-10-9-13-4-2;/h5-8,13-14H,3-4,9-10H2,1-2H3;1H. The number of hydrogen-bond donors (Lipinski definition) is 2. The average Bonchev–Trinajstić information content (AvgIpc) is 2.34. The summed E-state index contributed by atoms with van der Waals surface area (Å²) in [6.07, 6.45) is 0.713. The van der Waals surface area contributed by atoms with Gasteiger partial charge in [-0.2, -0.15) is 0 Å². The molecule has 1 aromatic rings. The Morgan fingerprint density at radius 2 is 1.78 bits per heavy atom. The van der Waals surface area contributed by atoms with Crippen LogP contribution < -0.4 is 10.0 Å². The van der Waals surface area contributed by atoms with E-state index in [1.807, 2.05) is 26.0 Å². The van der Waals surface area contributed by atoms with Gasteiger partial charge in [0.05, 0.1) is 4.90 Å². The third-order valence-electron chi connectivity index (χ3n) is 2.49. The molecule has 6 heteroatoms. The second-order valence-electron chi connectivity index (χ2n) is 3.71. The van der Waals surface area contributed by atoms with Gasteiger partial charge in [-0.05, 0) is 24.6 Å². The first kappa shape index (κ1) is 17.4. The highest BCUT2D eigenvalue weighted by molar-refractivity contribution is 7.89. The van der Waals surface area contributed by atoms with Crippen molar-refractivity contribution in [2.45, 2.75) is 25.2 Å². The fraction of sp³-hybridized carbons (Fsp3) is 0.500. The van der Waals surface area contributed by atoms with Gasteiger partial charge in [0.15, 0.2) is 0 Å². The van der Waals surface area contributed by atoms with Gasteiger partial charge in [0, 0.05) is 13.1 Å². The van der Waals surface area contributed by atoms with E-state index in [1.165, 1.54) is 0 Å². The van der Waals surface area contributed by atoms with Gasteiger partial charge in [-0.15, -0.1) is 12.4 Å². The zero-order valence-corrected chi connectivity index (χ0v) is 12.4. The summed E-state index contributed by atoms with van der Waals surface area (Å²) in [5.74, 6) is 0. The molecule has 0 saturated carbocycles. The maximum absolute atomic E-state index is 12.0. The van der Waals surface area contributed by atoms with Crippen LogP contribution in [0.1, 0.15) is 19.4 Å². The van der Waals surface area contributed by atoms with Gasteiger partial charge in [0.25, 0.3) is 0 Å². The zero-order valence-electron chi connectivity index (χ0n) is 10.8. The number of nitrogens with one attached hydrogen (secondary N) is 2. The van der Waals surface area contributed by atoms with Crippen LogP contribution in [0.4, 0.5) is 0 Å². The number of benzene rings is 1. The largest absolute Gasteiger partial charge is 0.316 e.